The van der Waals surface area contributed by atoms with Crippen molar-refractivity contribution in [3.8, 4) is 0 Å². The highest BCUT2D eigenvalue weighted by Gasteiger charge is 2.28. The van der Waals surface area contributed by atoms with E-state index < -0.39 is 0 Å². The van der Waals surface area contributed by atoms with Gasteiger partial charge in [-0.3, -0.25) is 0 Å². The number of hydrogen-bond acceptors (Lipinski definition) is 1. The van der Waals surface area contributed by atoms with Crippen LogP contribution in [-0.2, 0) is 0 Å². The van der Waals surface area contributed by atoms with E-state index in [0.717, 1.165) is 19.3 Å². The molecule has 1 fully saturated rings. The third-order valence-electron chi connectivity index (χ3n) is 2.99. The fourth-order valence-corrected chi connectivity index (χ4v) is 2.14. The lowest BCUT2D eigenvalue weighted by Gasteiger charge is -2.38. The van der Waals surface area contributed by atoms with Crippen molar-refractivity contribution in [2.24, 2.45) is 0 Å². The van der Waals surface area contributed by atoms with E-state index in [-0.39, 0.29) is 6.03 Å². The van der Waals surface area contributed by atoms with Gasteiger partial charge >= 0.3 is 6.03 Å². The summed E-state index contributed by atoms with van der Waals surface area (Å²) in [5.41, 5.74) is 0. The van der Waals surface area contributed by atoms with Gasteiger partial charge in [0.2, 0.25) is 0 Å². The predicted molar refractivity (Wildman–Crippen MR) is 62.6 cm³/mol. The quantitative estimate of drug-likeness (QED) is 0.746. The summed E-state index contributed by atoms with van der Waals surface area (Å²) in [6.45, 7) is 6.30. The number of likely N-dealkylation sites (tertiary alicyclic amines) is 1. The lowest BCUT2D eigenvalue weighted by molar-refractivity contribution is 0.126. The number of carbonyl (C=O) groups is 1. The molecular weight excluding hydrogens is 188 g/mol. The molecule has 15 heavy (non-hydrogen) atoms. The third kappa shape index (κ3) is 3.26. The summed E-state index contributed by atoms with van der Waals surface area (Å²) in [5, 5.41) is 2.82. The van der Waals surface area contributed by atoms with Crippen molar-refractivity contribution in [1.82, 2.24) is 10.2 Å². The highest BCUT2D eigenvalue weighted by Crippen LogP contribution is 2.22. The van der Waals surface area contributed by atoms with Gasteiger partial charge in [0.05, 0.1) is 0 Å². The zero-order valence-corrected chi connectivity index (χ0v) is 9.99. The van der Waals surface area contributed by atoms with Crippen molar-refractivity contribution < 1.29 is 4.79 Å². The number of carbonyl (C=O) groups excluding carboxylic acids is 1. The maximum atomic E-state index is 11.9. The Morgan fingerprint density at radius 2 is 2.00 bits per heavy atom. The highest BCUT2D eigenvalue weighted by atomic mass is 16.2. The molecule has 0 aromatic carbocycles. The van der Waals surface area contributed by atoms with Gasteiger partial charge in [-0.1, -0.05) is 13.0 Å². The van der Waals surface area contributed by atoms with Gasteiger partial charge in [-0.25, -0.2) is 4.79 Å². The summed E-state index contributed by atoms with van der Waals surface area (Å²) < 4.78 is 0. The number of allylic oxidation sites excluding steroid dienone is 1. The van der Waals surface area contributed by atoms with Crippen LogP contribution in [0.5, 0.6) is 0 Å². The topological polar surface area (TPSA) is 32.3 Å². The van der Waals surface area contributed by atoms with Crippen molar-refractivity contribution in [3.63, 3.8) is 0 Å². The lowest BCUT2D eigenvalue weighted by Crippen LogP contribution is -2.50. The molecule has 0 aliphatic carbocycles. The van der Waals surface area contributed by atoms with Crippen LogP contribution < -0.4 is 5.32 Å². The van der Waals surface area contributed by atoms with Crippen LogP contribution in [0.4, 0.5) is 4.79 Å². The molecule has 1 saturated heterocycles. The Hall–Kier alpha value is -0.990. The van der Waals surface area contributed by atoms with E-state index in [4.69, 9.17) is 0 Å². The maximum Gasteiger partial charge on any atom is 0.321 e. The number of rotatable bonds is 2. The average Bonchev–Trinajstić information content (AvgIpc) is 2.18. The largest absolute Gasteiger partial charge is 0.321 e. The van der Waals surface area contributed by atoms with Crippen LogP contribution in [0.2, 0.25) is 0 Å². The third-order valence-corrected chi connectivity index (χ3v) is 2.99. The van der Waals surface area contributed by atoms with Crippen molar-refractivity contribution in [1.29, 1.82) is 0 Å². The molecule has 0 bridgehead atoms. The van der Waals surface area contributed by atoms with Crippen LogP contribution in [0.3, 0.4) is 0 Å². The zero-order valence-electron chi connectivity index (χ0n) is 9.99. The van der Waals surface area contributed by atoms with Crippen LogP contribution in [0.25, 0.3) is 0 Å². The van der Waals surface area contributed by atoms with E-state index in [1.165, 1.54) is 6.42 Å². The van der Waals surface area contributed by atoms with Gasteiger partial charge in [0.25, 0.3) is 0 Å². The summed E-state index contributed by atoms with van der Waals surface area (Å²) in [6.07, 6.45) is 8.13. The van der Waals surface area contributed by atoms with Gasteiger partial charge < -0.3 is 10.2 Å². The molecule has 3 heteroatoms. The second-order valence-electron chi connectivity index (χ2n) is 4.30. The summed E-state index contributed by atoms with van der Waals surface area (Å²) in [5.74, 6) is 0. The molecule has 0 aromatic heterocycles. The van der Waals surface area contributed by atoms with Gasteiger partial charge in [0, 0.05) is 18.3 Å². The van der Waals surface area contributed by atoms with Crippen LogP contribution in [0, 0.1) is 0 Å². The minimum Gasteiger partial charge on any atom is -0.319 e. The Bertz CT molecular complexity index is 228. The molecule has 0 aromatic rings. The zero-order chi connectivity index (χ0) is 11.3. The molecule has 2 atom stereocenters. The maximum absolute atomic E-state index is 11.9. The summed E-state index contributed by atoms with van der Waals surface area (Å²) in [7, 11) is 0. The second-order valence-corrected chi connectivity index (χ2v) is 4.30. The molecule has 1 aliphatic rings. The Morgan fingerprint density at radius 3 is 2.53 bits per heavy atom. The lowest BCUT2D eigenvalue weighted by atomic mass is 9.98. The van der Waals surface area contributed by atoms with Gasteiger partial charge in [-0.15, -0.1) is 0 Å². The van der Waals surface area contributed by atoms with Crippen LogP contribution in [0.1, 0.15) is 46.5 Å². The molecule has 2 amide bonds. The first-order chi connectivity index (χ1) is 7.16. The van der Waals surface area contributed by atoms with E-state index in [9.17, 15) is 4.79 Å². The fourth-order valence-electron chi connectivity index (χ4n) is 2.14. The van der Waals surface area contributed by atoms with Crippen LogP contribution >= 0.6 is 0 Å². The molecule has 3 nitrogen and oxygen atoms in total. The molecule has 1 heterocycles. The predicted octanol–water partition coefficient (Wildman–Crippen LogP) is 2.88. The second kappa shape index (κ2) is 5.79. The molecule has 86 valence electrons. The highest BCUT2D eigenvalue weighted by molar-refractivity contribution is 5.76. The van der Waals surface area contributed by atoms with E-state index >= 15 is 0 Å². The van der Waals surface area contributed by atoms with Crippen LogP contribution in [-0.4, -0.2) is 23.0 Å². The molecular formula is C12H22N2O. The number of nitrogens with zero attached hydrogens (tertiary/aromatic N) is 1. The molecule has 0 saturated carbocycles. The van der Waals surface area contributed by atoms with E-state index in [0.29, 0.717) is 12.1 Å². The van der Waals surface area contributed by atoms with Gasteiger partial charge in [0.1, 0.15) is 0 Å². The summed E-state index contributed by atoms with van der Waals surface area (Å²) >= 11 is 0. The standard InChI is InChI=1S/C12H22N2O/c1-4-5-9-13-12(15)14-10(2)7-6-8-11(14)3/h5,9-11H,4,6-8H2,1-3H3,(H,13,15)/b9-5+. The van der Waals surface area contributed by atoms with E-state index in [1.54, 1.807) is 6.20 Å². The molecule has 0 radical (unpaired) electrons. The minimum absolute atomic E-state index is 0.0411. The van der Waals surface area contributed by atoms with Crippen molar-refractivity contribution in [3.05, 3.63) is 12.3 Å². The monoisotopic (exact) mass is 210 g/mol. The molecule has 1 aliphatic heterocycles. The minimum atomic E-state index is 0.0411. The number of urea groups is 1. The number of nitrogens with one attached hydrogen (secondary N) is 1. The molecule has 1 rings (SSSR count). The van der Waals surface area contributed by atoms with Gasteiger partial charge in [0.15, 0.2) is 0 Å². The Labute approximate surface area is 92.5 Å². The Morgan fingerprint density at radius 1 is 1.40 bits per heavy atom. The number of amides is 2. The first kappa shape index (κ1) is 12.1. The normalized spacial score (nSPS) is 27.0. The van der Waals surface area contributed by atoms with Gasteiger partial charge in [-0.05, 0) is 39.5 Å². The van der Waals surface area contributed by atoms with Crippen molar-refractivity contribution >= 4 is 6.03 Å². The first-order valence-corrected chi connectivity index (χ1v) is 5.90. The summed E-state index contributed by atoms with van der Waals surface area (Å²) in [4.78, 5) is 13.8. The smallest absolute Gasteiger partial charge is 0.319 e. The molecule has 1 N–H and O–H groups in total. The average molecular weight is 210 g/mol. The van der Waals surface area contributed by atoms with E-state index in [2.05, 4.69) is 26.1 Å². The van der Waals surface area contributed by atoms with E-state index in [1.807, 2.05) is 11.0 Å². The fraction of sp³-hybridized carbons (Fsp3) is 0.750. The van der Waals surface area contributed by atoms with Crippen LogP contribution in [0.15, 0.2) is 12.3 Å². The number of hydrogen-bond donors (Lipinski definition) is 1. The Kier molecular flexibility index (Phi) is 4.66. The SMILES string of the molecule is CC/C=C/NC(=O)N1C(C)CCCC1C. The van der Waals surface area contributed by atoms with Crippen molar-refractivity contribution in [2.75, 3.05) is 0 Å². The van der Waals surface area contributed by atoms with Gasteiger partial charge in [-0.2, -0.15) is 0 Å². The molecule has 0 spiro atoms. The molecule has 2 unspecified atom stereocenters. The number of piperidine rings is 1. The van der Waals surface area contributed by atoms with Crippen molar-refractivity contribution in [2.45, 2.75) is 58.5 Å². The Balaban J connectivity index is 2.51. The first-order valence-electron chi connectivity index (χ1n) is 5.90. The summed E-state index contributed by atoms with van der Waals surface area (Å²) in [6, 6.07) is 0.770.